The summed E-state index contributed by atoms with van der Waals surface area (Å²) in [4.78, 5) is 22.3. The molecule has 0 bridgehead atoms. The molecule has 1 aromatic rings. The van der Waals surface area contributed by atoms with Gasteiger partial charge in [-0.15, -0.1) is 0 Å². The summed E-state index contributed by atoms with van der Waals surface area (Å²) in [7, 11) is -3.66. The van der Waals surface area contributed by atoms with Gasteiger partial charge >= 0.3 is 0 Å². The molecule has 0 unspecified atom stereocenters. The summed E-state index contributed by atoms with van der Waals surface area (Å²) in [6.45, 7) is 0. The van der Waals surface area contributed by atoms with E-state index in [4.69, 9.17) is 5.73 Å². The fourth-order valence-corrected chi connectivity index (χ4v) is 3.24. The Labute approximate surface area is 134 Å². The lowest BCUT2D eigenvalue weighted by atomic mass is 9.91. The predicted octanol–water partition coefficient (Wildman–Crippen LogP) is 0.998. The Morgan fingerprint density at radius 2 is 1.87 bits per heavy atom. The van der Waals surface area contributed by atoms with Gasteiger partial charge in [0.2, 0.25) is 0 Å². The Bertz CT molecular complexity index is 724. The van der Waals surface area contributed by atoms with Crippen LogP contribution in [0.1, 0.15) is 36.0 Å². The largest absolute Gasteiger partial charge is 0.349 e. The zero-order valence-corrected chi connectivity index (χ0v) is 13.5. The van der Waals surface area contributed by atoms with Crippen LogP contribution in [-0.2, 0) is 9.84 Å². The van der Waals surface area contributed by atoms with E-state index in [-0.39, 0.29) is 22.5 Å². The smallest absolute Gasteiger partial charge is 0.271 e. The second-order valence-electron chi connectivity index (χ2n) is 5.83. The van der Waals surface area contributed by atoms with Gasteiger partial charge in [0.1, 0.15) is 0 Å². The van der Waals surface area contributed by atoms with E-state index in [1.54, 1.807) is 0 Å². The molecule has 1 saturated carbocycles. The highest BCUT2D eigenvalue weighted by atomic mass is 32.2. The van der Waals surface area contributed by atoms with Crippen LogP contribution in [0.25, 0.3) is 0 Å². The van der Waals surface area contributed by atoms with Crippen molar-refractivity contribution in [3.8, 4) is 0 Å². The number of carbonyl (C=O) groups is 1. The van der Waals surface area contributed by atoms with Crippen molar-refractivity contribution in [2.75, 3.05) is 6.26 Å². The van der Waals surface area contributed by atoms with Gasteiger partial charge in [-0.25, -0.2) is 8.42 Å². The van der Waals surface area contributed by atoms with Crippen molar-refractivity contribution in [3.63, 3.8) is 0 Å². The minimum atomic E-state index is -3.66. The second-order valence-corrected chi connectivity index (χ2v) is 7.85. The molecule has 1 aliphatic carbocycles. The minimum Gasteiger partial charge on any atom is -0.349 e. The lowest BCUT2D eigenvalue weighted by Crippen LogP contribution is -2.40. The summed E-state index contributed by atoms with van der Waals surface area (Å²) in [6.07, 6.45) is 4.01. The zero-order chi connectivity index (χ0) is 17.2. The van der Waals surface area contributed by atoms with Crippen molar-refractivity contribution >= 4 is 21.4 Å². The van der Waals surface area contributed by atoms with Gasteiger partial charge < -0.3 is 11.1 Å². The molecular formula is C14H19N3O5S. The van der Waals surface area contributed by atoms with Crippen LogP contribution in [0.5, 0.6) is 0 Å². The first-order valence-corrected chi connectivity index (χ1v) is 9.12. The maximum absolute atomic E-state index is 12.3. The molecule has 3 N–H and O–H groups in total. The molecule has 1 aliphatic rings. The van der Waals surface area contributed by atoms with Gasteiger partial charge in [-0.1, -0.05) is 0 Å². The third-order valence-electron chi connectivity index (χ3n) is 3.90. The van der Waals surface area contributed by atoms with Crippen LogP contribution in [0.4, 0.5) is 5.69 Å². The van der Waals surface area contributed by atoms with E-state index in [0.29, 0.717) is 0 Å². The highest BCUT2D eigenvalue weighted by Gasteiger charge is 2.23. The minimum absolute atomic E-state index is 0.0329. The number of non-ortho nitro benzene ring substituents is 1. The first-order chi connectivity index (χ1) is 10.7. The quantitative estimate of drug-likeness (QED) is 0.620. The maximum atomic E-state index is 12.3. The summed E-state index contributed by atoms with van der Waals surface area (Å²) in [5, 5.41) is 13.7. The van der Waals surface area contributed by atoms with Gasteiger partial charge in [0, 0.05) is 36.0 Å². The molecule has 1 amide bonds. The molecule has 2 rings (SSSR count). The van der Waals surface area contributed by atoms with E-state index in [0.717, 1.165) is 50.1 Å². The van der Waals surface area contributed by atoms with Crippen LogP contribution in [0.3, 0.4) is 0 Å². The number of nitrogens with zero attached hydrogens (tertiary/aromatic N) is 1. The molecule has 0 atom stereocenters. The topological polar surface area (TPSA) is 132 Å². The molecule has 1 fully saturated rings. The summed E-state index contributed by atoms with van der Waals surface area (Å²) >= 11 is 0. The maximum Gasteiger partial charge on any atom is 0.271 e. The van der Waals surface area contributed by atoms with Crippen molar-refractivity contribution in [2.24, 2.45) is 5.73 Å². The van der Waals surface area contributed by atoms with Crippen molar-refractivity contribution in [1.82, 2.24) is 5.32 Å². The van der Waals surface area contributed by atoms with Crippen molar-refractivity contribution in [3.05, 3.63) is 33.9 Å². The molecule has 126 valence electrons. The van der Waals surface area contributed by atoms with E-state index in [9.17, 15) is 23.3 Å². The molecule has 0 spiro atoms. The molecule has 9 heteroatoms. The lowest BCUT2D eigenvalue weighted by Gasteiger charge is -2.26. The third-order valence-corrected chi connectivity index (χ3v) is 4.99. The number of hydrogen-bond acceptors (Lipinski definition) is 6. The first kappa shape index (κ1) is 17.4. The van der Waals surface area contributed by atoms with Gasteiger partial charge in [0.25, 0.3) is 11.6 Å². The second kappa shape index (κ2) is 6.63. The highest BCUT2D eigenvalue weighted by molar-refractivity contribution is 7.90. The molecule has 0 aromatic heterocycles. The van der Waals surface area contributed by atoms with Crippen molar-refractivity contribution < 1.29 is 18.1 Å². The monoisotopic (exact) mass is 341 g/mol. The highest BCUT2D eigenvalue weighted by Crippen LogP contribution is 2.22. The van der Waals surface area contributed by atoms with Gasteiger partial charge in [-0.2, -0.15) is 0 Å². The average Bonchev–Trinajstić information content (AvgIpc) is 2.48. The number of hydrogen-bond donors (Lipinski definition) is 2. The Morgan fingerprint density at radius 3 is 2.39 bits per heavy atom. The fourth-order valence-electron chi connectivity index (χ4n) is 2.57. The number of rotatable bonds is 4. The number of amides is 1. The van der Waals surface area contributed by atoms with Crippen molar-refractivity contribution in [1.29, 1.82) is 0 Å². The Morgan fingerprint density at radius 1 is 1.26 bits per heavy atom. The Kier molecular flexibility index (Phi) is 5.00. The Balaban J connectivity index is 2.25. The van der Waals surface area contributed by atoms with E-state index >= 15 is 0 Å². The van der Waals surface area contributed by atoms with Gasteiger partial charge in [0.05, 0.1) is 9.82 Å². The number of nitro benzene ring substituents is 1. The van der Waals surface area contributed by atoms with Crippen LogP contribution in [-0.4, -0.2) is 37.6 Å². The van der Waals surface area contributed by atoms with E-state index < -0.39 is 26.4 Å². The fraction of sp³-hybridized carbons (Fsp3) is 0.500. The van der Waals surface area contributed by atoms with Gasteiger partial charge in [-0.05, 0) is 31.7 Å². The number of nitrogens with one attached hydrogen (secondary N) is 1. The van der Waals surface area contributed by atoms with Crippen LogP contribution in [0.2, 0.25) is 0 Å². The molecular weight excluding hydrogens is 322 g/mol. The molecule has 0 saturated heterocycles. The Hall–Kier alpha value is -2.00. The van der Waals surface area contributed by atoms with Crippen LogP contribution in [0.15, 0.2) is 23.1 Å². The summed E-state index contributed by atoms with van der Waals surface area (Å²) < 4.78 is 23.3. The normalized spacial score (nSPS) is 21.7. The number of carbonyl (C=O) groups excluding carboxylic acids is 1. The number of nitrogens with two attached hydrogens (primary N) is 1. The number of sulfone groups is 1. The van der Waals surface area contributed by atoms with Crippen molar-refractivity contribution in [2.45, 2.75) is 42.7 Å². The summed E-state index contributed by atoms with van der Waals surface area (Å²) in [5.74, 6) is -0.515. The van der Waals surface area contributed by atoms with Crippen LogP contribution in [0, 0.1) is 10.1 Å². The summed E-state index contributed by atoms with van der Waals surface area (Å²) in [6, 6.07) is 3.28. The number of benzene rings is 1. The zero-order valence-electron chi connectivity index (χ0n) is 12.7. The SMILES string of the molecule is CS(=O)(=O)c1cc(C(=O)NC2CCC(N)CC2)cc([N+](=O)[O-])c1. The molecule has 8 nitrogen and oxygen atoms in total. The standard InChI is InChI=1S/C14H19N3O5S/c1-23(21,22)13-7-9(6-12(8-13)17(19)20)14(18)16-11-4-2-10(15)3-5-11/h6-8,10-11H,2-5,15H2,1H3,(H,16,18). The van der Waals surface area contributed by atoms with E-state index in [1.165, 1.54) is 0 Å². The van der Waals surface area contributed by atoms with E-state index in [1.807, 2.05) is 0 Å². The van der Waals surface area contributed by atoms with Gasteiger partial charge in [0.15, 0.2) is 9.84 Å². The molecule has 0 aliphatic heterocycles. The van der Waals surface area contributed by atoms with Gasteiger partial charge in [-0.3, -0.25) is 14.9 Å². The number of nitro groups is 1. The predicted molar refractivity (Wildman–Crippen MR) is 83.9 cm³/mol. The lowest BCUT2D eigenvalue weighted by molar-refractivity contribution is -0.385. The van der Waals surface area contributed by atoms with E-state index in [2.05, 4.69) is 5.32 Å². The van der Waals surface area contributed by atoms with Crippen LogP contribution < -0.4 is 11.1 Å². The van der Waals surface area contributed by atoms with Crippen LogP contribution >= 0.6 is 0 Å². The summed E-state index contributed by atoms with van der Waals surface area (Å²) in [5.41, 5.74) is 5.35. The molecule has 23 heavy (non-hydrogen) atoms. The molecule has 0 radical (unpaired) electrons. The first-order valence-electron chi connectivity index (χ1n) is 7.23. The third kappa shape index (κ3) is 4.49. The molecule has 1 aromatic carbocycles. The average molecular weight is 341 g/mol. The molecule has 0 heterocycles.